The molecule has 0 fully saturated rings. The van der Waals surface area contributed by atoms with Crippen LogP contribution in [-0.4, -0.2) is 22.5 Å². The molecule has 0 aliphatic heterocycles. The van der Waals surface area contributed by atoms with Crippen molar-refractivity contribution in [3.63, 3.8) is 0 Å². The van der Waals surface area contributed by atoms with Gasteiger partial charge in [0.2, 0.25) is 5.88 Å². The first-order valence-corrected chi connectivity index (χ1v) is 8.52. The Morgan fingerprint density at radius 1 is 1.40 bits per heavy atom. The van der Waals surface area contributed by atoms with Gasteiger partial charge >= 0.3 is 0 Å². The zero-order valence-corrected chi connectivity index (χ0v) is 15.0. The van der Waals surface area contributed by atoms with Gasteiger partial charge in [-0.25, -0.2) is 9.97 Å². The summed E-state index contributed by atoms with van der Waals surface area (Å²) in [6, 6.07) is 6.64. The Labute approximate surface area is 153 Å². The lowest BCUT2D eigenvalue weighted by Gasteiger charge is -2.08. The smallest absolute Gasteiger partial charge is 0.262 e. The van der Waals surface area contributed by atoms with Crippen LogP contribution in [0.5, 0.6) is 5.88 Å². The molecule has 0 spiro atoms. The van der Waals surface area contributed by atoms with E-state index in [0.29, 0.717) is 17.1 Å². The number of hydrogen-bond acceptors (Lipinski definition) is 6. The molecule has 8 heteroatoms. The number of halogens is 1. The number of thiophene rings is 1. The molecule has 0 saturated heterocycles. The Hall–Kier alpha value is -2.69. The number of hydrogen-bond donors (Lipinski definition) is 1. The summed E-state index contributed by atoms with van der Waals surface area (Å²) in [5.74, 6) is 0.0389. The van der Waals surface area contributed by atoms with Crippen LogP contribution in [0.3, 0.4) is 0 Å². The maximum atomic E-state index is 12.1. The van der Waals surface area contributed by atoms with Crippen molar-refractivity contribution in [3.8, 4) is 11.9 Å². The first-order valence-electron chi connectivity index (χ1n) is 7.32. The number of nitrogens with zero attached hydrogens (tertiary/aromatic N) is 3. The highest BCUT2D eigenvalue weighted by Gasteiger charge is 2.14. The van der Waals surface area contributed by atoms with Crippen LogP contribution in [0.2, 0.25) is 5.02 Å². The summed E-state index contributed by atoms with van der Waals surface area (Å²) in [6.45, 7) is 3.79. The minimum Gasteiger partial charge on any atom is -0.467 e. The fourth-order valence-corrected chi connectivity index (χ4v) is 3.48. The lowest BCUT2D eigenvalue weighted by atomic mass is 10.2. The number of anilines is 1. The normalized spacial score (nSPS) is 10.5. The number of aromatic nitrogens is 2. The second-order valence-corrected chi connectivity index (χ2v) is 6.90. The third-order valence-electron chi connectivity index (χ3n) is 3.64. The molecule has 1 aromatic carbocycles. The lowest BCUT2D eigenvalue weighted by Crippen LogP contribution is -2.20. The van der Waals surface area contributed by atoms with Gasteiger partial charge in [-0.2, -0.15) is 5.26 Å². The van der Waals surface area contributed by atoms with Gasteiger partial charge in [0.15, 0.2) is 6.61 Å². The average Bonchev–Trinajstić information content (AvgIpc) is 2.88. The first-order chi connectivity index (χ1) is 12.0. The van der Waals surface area contributed by atoms with Crippen LogP contribution < -0.4 is 10.1 Å². The summed E-state index contributed by atoms with van der Waals surface area (Å²) in [5.41, 5.74) is 1.89. The van der Waals surface area contributed by atoms with Crippen molar-refractivity contribution >= 4 is 44.7 Å². The number of carbonyl (C=O) groups is 1. The number of fused-ring (bicyclic) bond motifs is 1. The monoisotopic (exact) mass is 372 g/mol. The predicted molar refractivity (Wildman–Crippen MR) is 97.2 cm³/mol. The molecule has 2 heterocycles. The molecule has 2 aromatic heterocycles. The second kappa shape index (κ2) is 7.05. The zero-order chi connectivity index (χ0) is 18.0. The number of nitriles is 1. The van der Waals surface area contributed by atoms with E-state index in [0.717, 1.165) is 20.7 Å². The van der Waals surface area contributed by atoms with Gasteiger partial charge in [-0.05, 0) is 37.6 Å². The molecule has 0 bridgehead atoms. The molecule has 0 unspecified atom stereocenters. The molecule has 0 radical (unpaired) electrons. The van der Waals surface area contributed by atoms with Crippen molar-refractivity contribution in [2.24, 2.45) is 0 Å². The minimum atomic E-state index is -0.350. The van der Waals surface area contributed by atoms with E-state index in [1.165, 1.54) is 12.4 Å². The Bertz CT molecular complexity index is 1010. The molecular formula is C17H13ClN4O2S. The number of ether oxygens (including phenoxy) is 1. The fraction of sp³-hybridized carbons (Fsp3) is 0.176. The third kappa shape index (κ3) is 3.55. The highest BCUT2D eigenvalue weighted by Crippen LogP contribution is 2.33. The van der Waals surface area contributed by atoms with Gasteiger partial charge in [-0.15, -0.1) is 11.3 Å². The maximum absolute atomic E-state index is 12.1. The summed E-state index contributed by atoms with van der Waals surface area (Å²) in [5, 5.41) is 12.6. The van der Waals surface area contributed by atoms with Crippen LogP contribution >= 0.6 is 22.9 Å². The Balaban J connectivity index is 1.71. The van der Waals surface area contributed by atoms with E-state index in [1.807, 2.05) is 19.9 Å². The van der Waals surface area contributed by atoms with Gasteiger partial charge in [-0.1, -0.05) is 11.6 Å². The molecule has 126 valence electrons. The Morgan fingerprint density at radius 3 is 2.92 bits per heavy atom. The number of carbonyl (C=O) groups excluding carboxylic acids is 1. The predicted octanol–water partition coefficient (Wildman–Crippen LogP) is 3.85. The van der Waals surface area contributed by atoms with Crippen molar-refractivity contribution in [2.75, 3.05) is 11.9 Å². The number of rotatable bonds is 4. The van der Waals surface area contributed by atoms with E-state index in [-0.39, 0.29) is 17.5 Å². The number of nitrogens with one attached hydrogen (secondary N) is 1. The quantitative estimate of drug-likeness (QED) is 0.751. The largest absolute Gasteiger partial charge is 0.467 e. The van der Waals surface area contributed by atoms with E-state index in [2.05, 4.69) is 15.3 Å². The summed E-state index contributed by atoms with van der Waals surface area (Å²) in [6.07, 6.45) is 1.42. The number of benzene rings is 1. The van der Waals surface area contributed by atoms with Crippen LogP contribution in [0, 0.1) is 25.2 Å². The molecular weight excluding hydrogens is 360 g/mol. The topological polar surface area (TPSA) is 87.9 Å². The van der Waals surface area contributed by atoms with E-state index < -0.39 is 0 Å². The van der Waals surface area contributed by atoms with Crippen LogP contribution in [0.15, 0.2) is 24.5 Å². The van der Waals surface area contributed by atoms with E-state index in [1.54, 1.807) is 23.5 Å². The summed E-state index contributed by atoms with van der Waals surface area (Å²) >= 11 is 7.51. The van der Waals surface area contributed by atoms with Gasteiger partial charge in [0.25, 0.3) is 5.91 Å². The number of amides is 1. The zero-order valence-electron chi connectivity index (χ0n) is 13.5. The molecule has 6 nitrogen and oxygen atoms in total. The Morgan fingerprint density at radius 2 is 2.20 bits per heavy atom. The standard InChI is InChI=1S/C17H13ClN4O2S/c1-9-10(2)25-17-15(9)16(20-8-21-17)24-7-14(23)22-12-4-3-11(6-19)13(18)5-12/h3-5,8H,7H2,1-2H3,(H,22,23). The molecule has 0 aliphatic rings. The molecule has 0 saturated carbocycles. The third-order valence-corrected chi connectivity index (χ3v) is 5.07. The Kier molecular flexibility index (Phi) is 4.83. The summed E-state index contributed by atoms with van der Waals surface area (Å²) in [7, 11) is 0. The van der Waals surface area contributed by atoms with Crippen molar-refractivity contribution in [1.82, 2.24) is 9.97 Å². The SMILES string of the molecule is Cc1sc2ncnc(OCC(=O)Nc3ccc(C#N)c(Cl)c3)c2c1C. The molecule has 1 N–H and O–H groups in total. The van der Waals surface area contributed by atoms with E-state index in [9.17, 15) is 4.79 Å². The van der Waals surface area contributed by atoms with Crippen molar-refractivity contribution in [2.45, 2.75) is 13.8 Å². The molecule has 0 atom stereocenters. The number of aryl methyl sites for hydroxylation is 2. The van der Waals surface area contributed by atoms with Crippen LogP contribution in [-0.2, 0) is 4.79 Å². The average molecular weight is 373 g/mol. The fourth-order valence-electron chi connectivity index (χ4n) is 2.27. The molecule has 3 aromatic rings. The van der Waals surface area contributed by atoms with Gasteiger partial charge in [0.1, 0.15) is 17.2 Å². The summed E-state index contributed by atoms with van der Waals surface area (Å²) in [4.78, 5) is 22.4. The minimum absolute atomic E-state index is 0.196. The van der Waals surface area contributed by atoms with E-state index >= 15 is 0 Å². The van der Waals surface area contributed by atoms with Gasteiger partial charge in [0.05, 0.1) is 16.0 Å². The highest BCUT2D eigenvalue weighted by molar-refractivity contribution is 7.18. The van der Waals surface area contributed by atoms with Gasteiger partial charge < -0.3 is 10.1 Å². The van der Waals surface area contributed by atoms with E-state index in [4.69, 9.17) is 21.6 Å². The molecule has 1 amide bonds. The maximum Gasteiger partial charge on any atom is 0.262 e. The van der Waals surface area contributed by atoms with Crippen molar-refractivity contribution in [1.29, 1.82) is 5.26 Å². The molecule has 3 rings (SSSR count). The molecule has 0 aliphatic carbocycles. The van der Waals surface area contributed by atoms with Crippen LogP contribution in [0.4, 0.5) is 5.69 Å². The van der Waals surface area contributed by atoms with Crippen LogP contribution in [0.1, 0.15) is 16.0 Å². The summed E-state index contributed by atoms with van der Waals surface area (Å²) < 4.78 is 5.58. The second-order valence-electron chi connectivity index (χ2n) is 5.29. The van der Waals surface area contributed by atoms with Crippen molar-refractivity contribution in [3.05, 3.63) is 45.6 Å². The lowest BCUT2D eigenvalue weighted by molar-refractivity contribution is -0.118. The van der Waals surface area contributed by atoms with Gasteiger partial charge in [0, 0.05) is 10.6 Å². The first kappa shape index (κ1) is 17.1. The highest BCUT2D eigenvalue weighted by atomic mass is 35.5. The van der Waals surface area contributed by atoms with Crippen LogP contribution in [0.25, 0.3) is 10.2 Å². The van der Waals surface area contributed by atoms with Gasteiger partial charge in [-0.3, -0.25) is 4.79 Å². The molecule has 25 heavy (non-hydrogen) atoms. The van der Waals surface area contributed by atoms with Crippen molar-refractivity contribution < 1.29 is 9.53 Å².